The van der Waals surface area contributed by atoms with Crippen LogP contribution in [0.5, 0.6) is 11.5 Å². The summed E-state index contributed by atoms with van der Waals surface area (Å²) in [4.78, 5) is 32.0. The molecule has 1 amide bonds. The van der Waals surface area contributed by atoms with Gasteiger partial charge >= 0.3 is 6.09 Å². The van der Waals surface area contributed by atoms with Crippen molar-refractivity contribution in [1.82, 2.24) is 30.5 Å². The van der Waals surface area contributed by atoms with Gasteiger partial charge in [0, 0.05) is 56.6 Å². The van der Waals surface area contributed by atoms with Crippen molar-refractivity contribution in [3.05, 3.63) is 77.7 Å². The summed E-state index contributed by atoms with van der Waals surface area (Å²) in [6.45, 7) is 10.7. The number of amides is 1. The molecule has 5 aromatic rings. The van der Waals surface area contributed by atoms with E-state index >= 15 is 0 Å². The van der Waals surface area contributed by atoms with Crippen molar-refractivity contribution in [3.8, 4) is 33.2 Å². The van der Waals surface area contributed by atoms with Gasteiger partial charge in [-0.05, 0) is 82.3 Å². The summed E-state index contributed by atoms with van der Waals surface area (Å²) in [7, 11) is 1.59. The Bertz CT molecular complexity index is 2130. The third-order valence-electron chi connectivity index (χ3n) is 9.81. The predicted molar refractivity (Wildman–Crippen MR) is 222 cm³/mol. The zero-order chi connectivity index (χ0) is 39.9. The molecule has 2 unspecified atom stereocenters. The van der Waals surface area contributed by atoms with Crippen LogP contribution in [-0.2, 0) is 16.0 Å². The molecule has 2 bridgehead atoms. The third-order valence-corrected chi connectivity index (χ3v) is 10.8. The van der Waals surface area contributed by atoms with Gasteiger partial charge < -0.3 is 45.1 Å². The first kappa shape index (κ1) is 39.5. The van der Waals surface area contributed by atoms with Gasteiger partial charge in [0.05, 0.1) is 46.5 Å². The van der Waals surface area contributed by atoms with Gasteiger partial charge in [-0.3, -0.25) is 0 Å². The Morgan fingerprint density at radius 2 is 1.77 bits per heavy atom. The number of nitrogen functional groups attached to an aromatic ring is 1. The first-order valence-corrected chi connectivity index (χ1v) is 20.0. The number of hydrogen-bond donors (Lipinski definition) is 3. The first-order chi connectivity index (χ1) is 27.6. The maximum atomic E-state index is 12.4. The van der Waals surface area contributed by atoms with Crippen molar-refractivity contribution >= 4 is 40.6 Å². The Balaban J connectivity index is 0.935. The number of ether oxygens (including phenoxy) is 4. The maximum absolute atomic E-state index is 12.4. The number of carbonyl (C=O) groups is 1. The fraction of sp³-hybridized carbons (Fsp3) is 0.415. The summed E-state index contributed by atoms with van der Waals surface area (Å²) in [5, 5.41) is 15.1. The van der Waals surface area contributed by atoms with Crippen LogP contribution in [-0.4, -0.2) is 89.1 Å². The van der Waals surface area contributed by atoms with Crippen molar-refractivity contribution in [2.45, 2.75) is 71.2 Å². The average Bonchev–Trinajstić information content (AvgIpc) is 3.74. The molecule has 5 heterocycles. The maximum Gasteiger partial charge on any atom is 0.407 e. The smallest absolute Gasteiger partial charge is 0.407 e. The number of para-hydroxylation sites is 1. The predicted octanol–water partition coefficient (Wildman–Crippen LogP) is 6.69. The standard InChI is InChI=1S/C41H50N10O5S/c1-26-37(57-24-47-26)27-11-12-28(19-46-40(52)56-41(2,3)4)33(17-27)43-15-8-16-54-31-20-44-39(45-21-31)51-29-13-14-30(51)23-50(22-29)35-18-34(48-49-38(35)42)32-9-6-7-10-36(32)55-25-53-5/h6-7,9-12,17-18,20-21,24,29-30,43H,8,13-16,19,22-23,25H2,1-5H3,(H2,42,49)(H,46,52). The van der Waals surface area contributed by atoms with Gasteiger partial charge in [-0.15, -0.1) is 21.5 Å². The van der Waals surface area contributed by atoms with E-state index < -0.39 is 11.7 Å². The van der Waals surface area contributed by atoms with Gasteiger partial charge in [0.2, 0.25) is 5.95 Å². The molecule has 15 nitrogen and oxygen atoms in total. The molecule has 0 spiro atoms. The molecule has 57 heavy (non-hydrogen) atoms. The van der Waals surface area contributed by atoms with Crippen LogP contribution in [0.2, 0.25) is 0 Å². The van der Waals surface area contributed by atoms with Crippen molar-refractivity contribution in [2.24, 2.45) is 0 Å². The quantitative estimate of drug-likeness (QED) is 0.0755. The molecule has 0 saturated carbocycles. The summed E-state index contributed by atoms with van der Waals surface area (Å²) in [6, 6.07) is 16.3. The highest BCUT2D eigenvalue weighted by Crippen LogP contribution is 2.38. The normalized spacial score (nSPS) is 16.4. The molecule has 2 fully saturated rings. The molecule has 2 aliphatic rings. The molecular formula is C41H50N10O5S. The molecule has 300 valence electrons. The summed E-state index contributed by atoms with van der Waals surface area (Å²) >= 11 is 1.61. The van der Waals surface area contributed by atoms with Gasteiger partial charge in [0.15, 0.2) is 18.4 Å². The number of nitrogens with zero attached hydrogens (tertiary/aromatic N) is 7. The molecule has 2 saturated heterocycles. The fourth-order valence-corrected chi connectivity index (χ4v) is 8.03. The molecule has 0 aliphatic carbocycles. The van der Waals surface area contributed by atoms with Crippen molar-refractivity contribution in [1.29, 1.82) is 0 Å². The number of rotatable bonds is 15. The number of alkyl carbamates (subject to hydrolysis) is 1. The van der Waals surface area contributed by atoms with Crippen LogP contribution >= 0.6 is 11.3 Å². The SMILES string of the molecule is COCOc1ccccc1-c1cc(N2CC3CCC(C2)N3c2ncc(OCCCNc3cc(-c4scnc4C)ccc3CNC(=O)OC(C)(C)C)cn2)c(N)nn1. The number of aryl methyl sites for hydroxylation is 1. The number of nitrogens with two attached hydrogens (primary N) is 1. The van der Waals surface area contributed by atoms with Crippen LogP contribution in [0.15, 0.2) is 66.4 Å². The third kappa shape index (κ3) is 9.63. The van der Waals surface area contributed by atoms with Gasteiger partial charge in [-0.2, -0.15) is 0 Å². The average molecular weight is 795 g/mol. The van der Waals surface area contributed by atoms with Crippen LogP contribution in [0.1, 0.15) is 51.3 Å². The monoisotopic (exact) mass is 794 g/mol. The second kappa shape index (κ2) is 17.6. The number of carbonyl (C=O) groups excluding carboxylic acids is 1. The van der Waals surface area contributed by atoms with Crippen LogP contribution in [0.3, 0.4) is 0 Å². The number of anilines is 4. The van der Waals surface area contributed by atoms with Crippen LogP contribution in [0.25, 0.3) is 21.7 Å². The Morgan fingerprint density at radius 1 is 1.00 bits per heavy atom. The summed E-state index contributed by atoms with van der Waals surface area (Å²) in [5.74, 6) is 2.38. The minimum atomic E-state index is -0.575. The van der Waals surface area contributed by atoms with Gasteiger partial charge in [0.25, 0.3) is 0 Å². The topological polar surface area (TPSA) is 175 Å². The minimum absolute atomic E-state index is 0.134. The van der Waals surface area contributed by atoms with E-state index in [1.54, 1.807) is 30.8 Å². The Labute approximate surface area is 336 Å². The molecule has 16 heteroatoms. The number of benzene rings is 2. The highest BCUT2D eigenvalue weighted by molar-refractivity contribution is 7.13. The zero-order valence-electron chi connectivity index (χ0n) is 33.0. The lowest BCUT2D eigenvalue weighted by Crippen LogP contribution is -2.54. The van der Waals surface area contributed by atoms with Gasteiger partial charge in [0.1, 0.15) is 11.4 Å². The number of thiazole rings is 1. The lowest BCUT2D eigenvalue weighted by molar-refractivity contribution is 0.0513. The second-order valence-electron chi connectivity index (χ2n) is 15.1. The van der Waals surface area contributed by atoms with E-state index in [-0.39, 0.29) is 18.9 Å². The highest BCUT2D eigenvalue weighted by Gasteiger charge is 2.42. The summed E-state index contributed by atoms with van der Waals surface area (Å²) in [6.07, 6.45) is 5.84. The molecule has 2 aromatic carbocycles. The van der Waals surface area contributed by atoms with E-state index in [0.29, 0.717) is 48.7 Å². The number of fused-ring (bicyclic) bond motifs is 2. The number of nitrogens with one attached hydrogen (secondary N) is 2. The van der Waals surface area contributed by atoms with Gasteiger partial charge in [-0.1, -0.05) is 24.3 Å². The molecule has 7 rings (SSSR count). The van der Waals surface area contributed by atoms with Crippen LogP contribution < -0.4 is 35.6 Å². The Kier molecular flexibility index (Phi) is 12.2. The number of methoxy groups -OCH3 is 1. The minimum Gasteiger partial charge on any atom is -0.490 e. The van der Waals surface area contributed by atoms with E-state index in [9.17, 15) is 4.79 Å². The molecule has 4 N–H and O–H groups in total. The lowest BCUT2D eigenvalue weighted by Gasteiger charge is -2.42. The van der Waals surface area contributed by atoms with Crippen molar-refractivity contribution < 1.29 is 23.7 Å². The summed E-state index contributed by atoms with van der Waals surface area (Å²) in [5.41, 5.74) is 14.0. The van der Waals surface area contributed by atoms with E-state index in [1.165, 1.54) is 0 Å². The Hall–Kier alpha value is -5.74. The number of aromatic nitrogens is 5. The number of piperazine rings is 1. The lowest BCUT2D eigenvalue weighted by atomic mass is 10.1. The Morgan fingerprint density at radius 3 is 2.49 bits per heavy atom. The molecule has 2 atom stereocenters. The van der Waals surface area contributed by atoms with E-state index in [0.717, 1.165) is 71.0 Å². The van der Waals surface area contributed by atoms with E-state index in [4.69, 9.17) is 34.6 Å². The molecular weight excluding hydrogens is 745 g/mol. The molecule has 3 aromatic heterocycles. The van der Waals surface area contributed by atoms with Crippen LogP contribution in [0, 0.1) is 6.92 Å². The number of hydrogen-bond acceptors (Lipinski definition) is 15. The van der Waals surface area contributed by atoms with Gasteiger partial charge in [-0.25, -0.2) is 19.7 Å². The highest BCUT2D eigenvalue weighted by atomic mass is 32.1. The van der Waals surface area contributed by atoms with Crippen molar-refractivity contribution in [2.75, 3.05) is 61.0 Å². The van der Waals surface area contributed by atoms with E-state index in [1.807, 2.05) is 69.6 Å². The van der Waals surface area contributed by atoms with Crippen molar-refractivity contribution in [3.63, 3.8) is 0 Å². The molecule has 0 radical (unpaired) electrons. The van der Waals surface area contributed by atoms with E-state index in [2.05, 4.69) is 47.7 Å². The largest absolute Gasteiger partial charge is 0.490 e. The molecule has 2 aliphatic heterocycles. The fourth-order valence-electron chi connectivity index (χ4n) is 7.23. The summed E-state index contributed by atoms with van der Waals surface area (Å²) < 4.78 is 22.4. The van der Waals surface area contributed by atoms with Crippen LogP contribution in [0.4, 0.5) is 27.9 Å². The zero-order valence-corrected chi connectivity index (χ0v) is 33.8. The second-order valence-corrected chi connectivity index (χ2v) is 15.9. The first-order valence-electron chi connectivity index (χ1n) is 19.1.